The van der Waals surface area contributed by atoms with E-state index in [1.807, 2.05) is 84.9 Å². The van der Waals surface area contributed by atoms with E-state index in [1.165, 1.54) is 0 Å². The molecule has 8 heteroatoms. The standard InChI is InChI=1S/C32H32N3O4P/c1-3-38-40(37,39-4-2)27-19-20-29-28(21-27)30(32(36)35-29)31(24-11-7-5-8-12-24)34-26-17-15-23(16-18-26)22-33-25-13-9-6-10-14-25/h5-21,33-34H,3-4,22H2,1-2H3,(H,35,36). The van der Waals surface area contributed by atoms with Gasteiger partial charge in [-0.05, 0) is 67.4 Å². The van der Waals surface area contributed by atoms with Crippen LogP contribution >= 0.6 is 7.60 Å². The molecule has 0 spiro atoms. The summed E-state index contributed by atoms with van der Waals surface area (Å²) in [5.74, 6) is -0.246. The molecule has 7 nitrogen and oxygen atoms in total. The third-order valence-electron chi connectivity index (χ3n) is 6.47. The van der Waals surface area contributed by atoms with E-state index in [1.54, 1.807) is 32.0 Å². The number of amides is 1. The molecule has 4 aromatic rings. The lowest BCUT2D eigenvalue weighted by atomic mass is 10.00. The zero-order chi connectivity index (χ0) is 28.0. The molecular formula is C32H32N3O4P. The van der Waals surface area contributed by atoms with Gasteiger partial charge in [0.25, 0.3) is 5.91 Å². The van der Waals surface area contributed by atoms with Gasteiger partial charge in [0, 0.05) is 29.2 Å². The second kappa shape index (κ2) is 12.3. The quantitative estimate of drug-likeness (QED) is 0.135. The van der Waals surface area contributed by atoms with Gasteiger partial charge in [-0.1, -0.05) is 60.7 Å². The highest BCUT2D eigenvalue weighted by molar-refractivity contribution is 7.62. The van der Waals surface area contributed by atoms with E-state index in [9.17, 15) is 9.36 Å². The van der Waals surface area contributed by atoms with Gasteiger partial charge in [-0.15, -0.1) is 0 Å². The molecule has 0 radical (unpaired) electrons. The molecular weight excluding hydrogens is 521 g/mol. The van der Waals surface area contributed by atoms with Crippen molar-refractivity contribution in [2.75, 3.05) is 29.2 Å². The van der Waals surface area contributed by atoms with Crippen LogP contribution in [0.4, 0.5) is 17.1 Å². The highest BCUT2D eigenvalue weighted by Crippen LogP contribution is 2.48. The van der Waals surface area contributed by atoms with Crippen LogP contribution in [0.25, 0.3) is 11.3 Å². The van der Waals surface area contributed by atoms with Crippen molar-refractivity contribution < 1.29 is 18.4 Å². The number of para-hydroxylation sites is 1. The van der Waals surface area contributed by atoms with E-state index in [-0.39, 0.29) is 19.1 Å². The molecule has 1 amide bonds. The second-order valence-corrected chi connectivity index (χ2v) is 11.2. The normalized spacial score (nSPS) is 13.9. The van der Waals surface area contributed by atoms with Gasteiger partial charge in [-0.2, -0.15) is 0 Å². The van der Waals surface area contributed by atoms with Crippen LogP contribution < -0.4 is 21.3 Å². The number of hydrogen-bond donors (Lipinski definition) is 3. The van der Waals surface area contributed by atoms with E-state index in [2.05, 4.69) is 16.0 Å². The number of fused-ring (bicyclic) bond motifs is 1. The maximum Gasteiger partial charge on any atom is 0.361 e. The van der Waals surface area contributed by atoms with E-state index in [0.717, 1.165) is 22.5 Å². The van der Waals surface area contributed by atoms with Crippen molar-refractivity contribution in [3.8, 4) is 0 Å². The molecule has 4 aromatic carbocycles. The summed E-state index contributed by atoms with van der Waals surface area (Å²) in [7, 11) is -3.54. The van der Waals surface area contributed by atoms with Gasteiger partial charge in [0.05, 0.1) is 29.8 Å². The van der Waals surface area contributed by atoms with Gasteiger partial charge in [0.15, 0.2) is 0 Å². The minimum absolute atomic E-state index is 0.238. The Balaban J connectivity index is 1.50. The molecule has 0 atom stereocenters. The molecule has 5 rings (SSSR count). The molecule has 1 heterocycles. The zero-order valence-electron chi connectivity index (χ0n) is 22.5. The highest BCUT2D eigenvalue weighted by Gasteiger charge is 2.33. The summed E-state index contributed by atoms with van der Waals surface area (Å²) in [5, 5.41) is 10.3. The largest absolute Gasteiger partial charge is 0.381 e. The molecule has 0 bridgehead atoms. The highest BCUT2D eigenvalue weighted by atomic mass is 31.2. The Hall–Kier alpha value is -4.16. The summed E-state index contributed by atoms with van der Waals surface area (Å²) in [4.78, 5) is 13.4. The van der Waals surface area contributed by atoms with Crippen LogP contribution in [0.3, 0.4) is 0 Å². The summed E-state index contributed by atoms with van der Waals surface area (Å²) in [6.07, 6.45) is 0. The van der Waals surface area contributed by atoms with Crippen molar-refractivity contribution in [3.63, 3.8) is 0 Å². The molecule has 1 aliphatic heterocycles. The molecule has 0 aliphatic carbocycles. The first-order chi connectivity index (χ1) is 19.5. The van der Waals surface area contributed by atoms with Crippen molar-refractivity contribution in [1.82, 2.24) is 0 Å². The fourth-order valence-electron chi connectivity index (χ4n) is 4.59. The molecule has 0 fully saturated rings. The molecule has 40 heavy (non-hydrogen) atoms. The second-order valence-electron chi connectivity index (χ2n) is 9.17. The van der Waals surface area contributed by atoms with Gasteiger partial charge in [0.1, 0.15) is 0 Å². The molecule has 1 aliphatic rings. The van der Waals surface area contributed by atoms with E-state index in [4.69, 9.17) is 9.05 Å². The number of hydrogen-bond acceptors (Lipinski definition) is 6. The topological polar surface area (TPSA) is 88.7 Å². The third-order valence-corrected chi connectivity index (χ3v) is 8.58. The van der Waals surface area contributed by atoms with Gasteiger partial charge in [-0.25, -0.2) is 0 Å². The van der Waals surface area contributed by atoms with Crippen LogP contribution in [-0.2, 0) is 25.0 Å². The Kier molecular flexibility index (Phi) is 8.46. The van der Waals surface area contributed by atoms with Crippen LogP contribution in [-0.4, -0.2) is 19.1 Å². The van der Waals surface area contributed by atoms with Crippen LogP contribution in [0, 0.1) is 0 Å². The number of nitrogens with one attached hydrogen (secondary N) is 3. The minimum Gasteiger partial charge on any atom is -0.381 e. The predicted octanol–water partition coefficient (Wildman–Crippen LogP) is 7.12. The van der Waals surface area contributed by atoms with Gasteiger partial charge in [0.2, 0.25) is 0 Å². The average molecular weight is 554 g/mol. The maximum absolute atomic E-state index is 13.5. The first-order valence-electron chi connectivity index (χ1n) is 13.3. The van der Waals surface area contributed by atoms with E-state index < -0.39 is 7.60 Å². The number of rotatable bonds is 11. The van der Waals surface area contributed by atoms with Gasteiger partial charge < -0.3 is 25.0 Å². The monoisotopic (exact) mass is 553 g/mol. The Morgan fingerprint density at radius 1 is 0.800 bits per heavy atom. The maximum atomic E-state index is 13.5. The lowest BCUT2D eigenvalue weighted by Crippen LogP contribution is -2.12. The van der Waals surface area contributed by atoms with Crippen LogP contribution in [0.2, 0.25) is 0 Å². The van der Waals surface area contributed by atoms with Crippen LogP contribution in [0.15, 0.2) is 103 Å². The lowest BCUT2D eigenvalue weighted by Gasteiger charge is -2.18. The van der Waals surface area contributed by atoms with Gasteiger partial charge >= 0.3 is 7.60 Å². The fraction of sp³-hybridized carbons (Fsp3) is 0.156. The Bertz CT molecular complexity index is 1540. The number of benzene rings is 4. The SMILES string of the molecule is CCOP(=O)(OCC)c1ccc2c(c1)C(=C(Nc1ccc(CNc3ccccc3)cc1)c1ccccc1)C(=O)N2. The molecule has 0 unspecified atom stereocenters. The Morgan fingerprint density at radius 2 is 1.45 bits per heavy atom. The lowest BCUT2D eigenvalue weighted by molar-refractivity contribution is -0.110. The van der Waals surface area contributed by atoms with Gasteiger partial charge in [-0.3, -0.25) is 9.36 Å². The molecule has 3 N–H and O–H groups in total. The van der Waals surface area contributed by atoms with E-state index in [0.29, 0.717) is 34.4 Å². The first kappa shape index (κ1) is 27.4. The fourth-order valence-corrected chi connectivity index (χ4v) is 6.19. The van der Waals surface area contributed by atoms with Crippen molar-refractivity contribution in [1.29, 1.82) is 0 Å². The van der Waals surface area contributed by atoms with Crippen molar-refractivity contribution in [3.05, 3.63) is 120 Å². The number of carbonyl (C=O) groups is 1. The summed E-state index contributed by atoms with van der Waals surface area (Å²) in [6.45, 7) is 4.71. The Morgan fingerprint density at radius 3 is 2.10 bits per heavy atom. The Labute approximate surface area is 234 Å². The minimum atomic E-state index is -3.54. The average Bonchev–Trinajstić information content (AvgIpc) is 3.31. The van der Waals surface area contributed by atoms with Crippen LogP contribution in [0.1, 0.15) is 30.5 Å². The summed E-state index contributed by atoms with van der Waals surface area (Å²) in [5.41, 5.74) is 6.24. The molecule has 204 valence electrons. The third kappa shape index (κ3) is 6.02. The number of carbonyl (C=O) groups excluding carboxylic acids is 1. The van der Waals surface area contributed by atoms with Crippen molar-refractivity contribution in [2.45, 2.75) is 20.4 Å². The summed E-state index contributed by atoms with van der Waals surface area (Å²) in [6, 6.07) is 33.0. The first-order valence-corrected chi connectivity index (χ1v) is 14.8. The van der Waals surface area contributed by atoms with E-state index >= 15 is 0 Å². The summed E-state index contributed by atoms with van der Waals surface area (Å²) < 4.78 is 24.7. The van der Waals surface area contributed by atoms with Crippen molar-refractivity contribution >= 4 is 47.1 Å². The number of anilines is 3. The molecule has 0 saturated carbocycles. The van der Waals surface area contributed by atoms with Crippen LogP contribution in [0.5, 0.6) is 0 Å². The zero-order valence-corrected chi connectivity index (χ0v) is 23.4. The summed E-state index contributed by atoms with van der Waals surface area (Å²) >= 11 is 0. The molecule has 0 aromatic heterocycles. The van der Waals surface area contributed by atoms with Crippen molar-refractivity contribution in [2.24, 2.45) is 0 Å². The predicted molar refractivity (Wildman–Crippen MR) is 163 cm³/mol. The smallest absolute Gasteiger partial charge is 0.361 e. The molecule has 0 saturated heterocycles.